The normalized spacial score (nSPS) is 10.3. The summed E-state index contributed by atoms with van der Waals surface area (Å²) in [6.07, 6.45) is 2.15. The number of pyridine rings is 2. The zero-order valence-corrected chi connectivity index (χ0v) is 10.1. The first-order chi connectivity index (χ1) is 8.76. The van der Waals surface area contributed by atoms with E-state index in [4.69, 9.17) is 15.6 Å². The minimum Gasteiger partial charge on any atom is -0.481 e. The van der Waals surface area contributed by atoms with Crippen LogP contribution in [0.25, 0.3) is 11.3 Å². The first-order valence-electron chi connectivity index (χ1n) is 5.62. The molecule has 0 fully saturated rings. The number of rotatable bonds is 4. The molecule has 0 aliphatic rings. The van der Waals surface area contributed by atoms with E-state index < -0.39 is 0 Å². The molecule has 0 bridgehead atoms. The van der Waals surface area contributed by atoms with Gasteiger partial charge in [0.2, 0.25) is 5.88 Å². The lowest BCUT2D eigenvalue weighted by molar-refractivity contribution is 0.298. The number of ether oxygens (including phenoxy) is 1. The van der Waals surface area contributed by atoms with Crippen LogP contribution >= 0.6 is 0 Å². The van der Waals surface area contributed by atoms with Crippen LogP contribution in [0, 0.1) is 0 Å². The van der Waals surface area contributed by atoms with Gasteiger partial charge in [0.25, 0.3) is 0 Å². The molecule has 2 aromatic rings. The smallest absolute Gasteiger partial charge is 0.213 e. The molecule has 0 saturated carbocycles. The summed E-state index contributed by atoms with van der Waals surface area (Å²) in [5, 5.41) is 9.04. The highest BCUT2D eigenvalue weighted by Crippen LogP contribution is 2.28. The van der Waals surface area contributed by atoms with Crippen LogP contribution in [-0.2, 0) is 6.42 Å². The molecule has 0 saturated heterocycles. The van der Waals surface area contributed by atoms with E-state index in [-0.39, 0.29) is 6.61 Å². The Morgan fingerprint density at radius 2 is 2.17 bits per heavy atom. The van der Waals surface area contributed by atoms with Crippen LogP contribution in [0.4, 0.5) is 5.69 Å². The molecule has 94 valence electrons. The van der Waals surface area contributed by atoms with Gasteiger partial charge in [-0.05, 0) is 18.2 Å². The lowest BCUT2D eigenvalue weighted by Crippen LogP contribution is -2.02. The van der Waals surface area contributed by atoms with Crippen molar-refractivity contribution in [3.63, 3.8) is 0 Å². The zero-order chi connectivity index (χ0) is 13.0. The van der Waals surface area contributed by atoms with Crippen LogP contribution in [0.2, 0.25) is 0 Å². The molecule has 5 nitrogen and oxygen atoms in total. The number of methoxy groups -OCH3 is 1. The molecule has 0 spiro atoms. The van der Waals surface area contributed by atoms with Crippen molar-refractivity contribution in [1.29, 1.82) is 0 Å². The highest BCUT2D eigenvalue weighted by molar-refractivity contribution is 5.74. The summed E-state index contributed by atoms with van der Waals surface area (Å²) < 4.78 is 5.09. The number of anilines is 1. The first-order valence-corrected chi connectivity index (χ1v) is 5.62. The van der Waals surface area contributed by atoms with E-state index in [2.05, 4.69) is 9.97 Å². The minimum absolute atomic E-state index is 0.0356. The van der Waals surface area contributed by atoms with Gasteiger partial charge in [0.05, 0.1) is 24.2 Å². The third-order valence-electron chi connectivity index (χ3n) is 2.60. The number of nitrogen functional groups attached to an aromatic ring is 1. The number of nitrogens with two attached hydrogens (primary N) is 1. The Hall–Kier alpha value is -2.14. The van der Waals surface area contributed by atoms with Crippen molar-refractivity contribution in [2.75, 3.05) is 19.5 Å². The van der Waals surface area contributed by atoms with Crippen molar-refractivity contribution in [1.82, 2.24) is 9.97 Å². The van der Waals surface area contributed by atoms with Crippen molar-refractivity contribution in [3.8, 4) is 17.1 Å². The van der Waals surface area contributed by atoms with Gasteiger partial charge in [0.15, 0.2) is 0 Å². The lowest BCUT2D eigenvalue weighted by Gasteiger charge is -2.10. The number of aliphatic hydroxyl groups is 1. The Morgan fingerprint density at radius 1 is 1.33 bits per heavy atom. The molecule has 2 rings (SSSR count). The molecule has 0 radical (unpaired) electrons. The first kappa shape index (κ1) is 12.3. The van der Waals surface area contributed by atoms with Crippen molar-refractivity contribution >= 4 is 5.69 Å². The monoisotopic (exact) mass is 245 g/mol. The second-order valence-electron chi connectivity index (χ2n) is 3.76. The fourth-order valence-electron chi connectivity index (χ4n) is 1.74. The average Bonchev–Trinajstić information content (AvgIpc) is 2.41. The number of hydrogen-bond acceptors (Lipinski definition) is 5. The lowest BCUT2D eigenvalue weighted by atomic mass is 10.1. The van der Waals surface area contributed by atoms with E-state index in [0.717, 1.165) is 11.3 Å². The topological polar surface area (TPSA) is 81.3 Å². The number of hydrogen-bond donors (Lipinski definition) is 2. The van der Waals surface area contributed by atoms with E-state index in [1.54, 1.807) is 25.4 Å². The van der Waals surface area contributed by atoms with Gasteiger partial charge in [0.1, 0.15) is 0 Å². The molecule has 0 unspecified atom stereocenters. The van der Waals surface area contributed by atoms with Crippen molar-refractivity contribution in [3.05, 3.63) is 36.2 Å². The third kappa shape index (κ3) is 2.41. The van der Waals surface area contributed by atoms with Gasteiger partial charge in [-0.1, -0.05) is 0 Å². The molecular formula is C13H15N3O2. The molecule has 0 atom stereocenters. The fourth-order valence-corrected chi connectivity index (χ4v) is 1.74. The highest BCUT2D eigenvalue weighted by Gasteiger charge is 2.11. The van der Waals surface area contributed by atoms with Crippen LogP contribution in [0.3, 0.4) is 0 Å². The second kappa shape index (κ2) is 5.46. The predicted octanol–water partition coefficient (Wildman–Crippen LogP) is 1.27. The van der Waals surface area contributed by atoms with Crippen LogP contribution < -0.4 is 10.5 Å². The van der Waals surface area contributed by atoms with Crippen molar-refractivity contribution in [2.45, 2.75) is 6.42 Å². The molecule has 0 aromatic carbocycles. The van der Waals surface area contributed by atoms with Crippen molar-refractivity contribution in [2.24, 2.45) is 0 Å². The maximum absolute atomic E-state index is 9.04. The molecule has 3 N–H and O–H groups in total. The molecule has 0 amide bonds. The van der Waals surface area contributed by atoms with Crippen LogP contribution in [0.5, 0.6) is 5.88 Å². The highest BCUT2D eigenvalue weighted by atomic mass is 16.5. The molecule has 18 heavy (non-hydrogen) atoms. The standard InChI is InChI=1S/C13H15N3O2/c1-18-12-5-4-10(14)13(16-12)9-3-2-7-15-11(9)6-8-17/h2-5,7,17H,6,8,14H2,1H3. The summed E-state index contributed by atoms with van der Waals surface area (Å²) in [7, 11) is 1.56. The molecular weight excluding hydrogens is 230 g/mol. The average molecular weight is 245 g/mol. The Morgan fingerprint density at radius 3 is 2.89 bits per heavy atom. The minimum atomic E-state index is 0.0356. The fraction of sp³-hybridized carbons (Fsp3) is 0.231. The van der Waals surface area contributed by atoms with E-state index in [9.17, 15) is 0 Å². The Balaban J connectivity index is 2.53. The van der Waals surface area contributed by atoms with Gasteiger partial charge in [-0.15, -0.1) is 0 Å². The summed E-state index contributed by atoms with van der Waals surface area (Å²) in [6.45, 7) is 0.0356. The predicted molar refractivity (Wildman–Crippen MR) is 69.2 cm³/mol. The van der Waals surface area contributed by atoms with Crippen LogP contribution in [-0.4, -0.2) is 28.8 Å². The van der Waals surface area contributed by atoms with Crippen molar-refractivity contribution < 1.29 is 9.84 Å². The molecule has 0 aliphatic heterocycles. The van der Waals surface area contributed by atoms with E-state index in [1.165, 1.54) is 0 Å². The molecule has 2 heterocycles. The van der Waals surface area contributed by atoms with Gasteiger partial charge in [-0.25, -0.2) is 4.98 Å². The van der Waals surface area contributed by atoms with Crippen LogP contribution in [0.15, 0.2) is 30.5 Å². The Labute approximate surface area is 105 Å². The summed E-state index contributed by atoms with van der Waals surface area (Å²) in [5.74, 6) is 0.498. The Kier molecular flexibility index (Phi) is 3.74. The largest absolute Gasteiger partial charge is 0.481 e. The van der Waals surface area contributed by atoms with Gasteiger partial charge >= 0.3 is 0 Å². The number of aliphatic hydroxyl groups excluding tert-OH is 1. The summed E-state index contributed by atoms with van der Waals surface area (Å²) in [4.78, 5) is 8.58. The summed E-state index contributed by atoms with van der Waals surface area (Å²) >= 11 is 0. The summed E-state index contributed by atoms with van der Waals surface area (Å²) in [6, 6.07) is 7.16. The zero-order valence-electron chi connectivity index (χ0n) is 10.1. The second-order valence-corrected chi connectivity index (χ2v) is 3.76. The summed E-state index contributed by atoms with van der Waals surface area (Å²) in [5.41, 5.74) is 8.71. The van der Waals surface area contributed by atoms with Gasteiger partial charge in [-0.2, -0.15) is 0 Å². The molecule has 2 aromatic heterocycles. The van der Waals surface area contributed by atoms with Gasteiger partial charge in [-0.3, -0.25) is 4.98 Å². The van der Waals surface area contributed by atoms with E-state index >= 15 is 0 Å². The molecule has 5 heteroatoms. The van der Waals surface area contributed by atoms with Gasteiger partial charge < -0.3 is 15.6 Å². The van der Waals surface area contributed by atoms with Crippen LogP contribution in [0.1, 0.15) is 5.69 Å². The maximum atomic E-state index is 9.04. The van der Waals surface area contributed by atoms with E-state index in [0.29, 0.717) is 23.7 Å². The molecule has 0 aliphatic carbocycles. The van der Waals surface area contributed by atoms with E-state index in [1.807, 2.05) is 12.1 Å². The number of aromatic nitrogens is 2. The van der Waals surface area contributed by atoms with Gasteiger partial charge in [0, 0.05) is 30.9 Å². The Bertz CT molecular complexity index is 544. The SMILES string of the molecule is COc1ccc(N)c(-c2cccnc2CCO)n1. The third-order valence-corrected chi connectivity index (χ3v) is 2.60. The number of nitrogens with zero attached hydrogens (tertiary/aromatic N) is 2. The quantitative estimate of drug-likeness (QED) is 0.847. The maximum Gasteiger partial charge on any atom is 0.213 e.